The molecule has 0 bridgehead atoms. The second-order valence-corrected chi connectivity index (χ2v) is 6.46. The van der Waals surface area contributed by atoms with E-state index in [4.69, 9.17) is 0 Å². The van der Waals surface area contributed by atoms with Gasteiger partial charge in [-0.1, -0.05) is 13.0 Å². The molecule has 0 unspecified atom stereocenters. The zero-order valence-corrected chi connectivity index (χ0v) is 13.8. The molecule has 1 aromatic heterocycles. The van der Waals surface area contributed by atoms with E-state index in [1.807, 2.05) is 13.0 Å². The highest BCUT2D eigenvalue weighted by atomic mass is 19.1. The van der Waals surface area contributed by atoms with Crippen molar-refractivity contribution < 1.29 is 9.50 Å². The van der Waals surface area contributed by atoms with Crippen LogP contribution in [0.4, 0.5) is 4.39 Å². The number of aliphatic hydroxyl groups is 1. The summed E-state index contributed by atoms with van der Waals surface area (Å²) in [6.45, 7) is 8.26. The SMILES string of the molecule is CC[C@H]1CN(Cc2nc3c(F)cccc3[nH]2)CCN1C[C@H](C)O. The van der Waals surface area contributed by atoms with Crippen molar-refractivity contribution in [2.75, 3.05) is 26.2 Å². The van der Waals surface area contributed by atoms with Crippen molar-refractivity contribution in [1.82, 2.24) is 19.8 Å². The summed E-state index contributed by atoms with van der Waals surface area (Å²) < 4.78 is 13.7. The van der Waals surface area contributed by atoms with Gasteiger partial charge in [0.05, 0.1) is 18.2 Å². The molecular formula is C17H25FN4O. The number of nitrogens with zero attached hydrogens (tertiary/aromatic N) is 3. The van der Waals surface area contributed by atoms with Crippen molar-refractivity contribution in [1.29, 1.82) is 0 Å². The standard InChI is InChI=1S/C17H25FN4O/c1-3-13-10-21(7-8-22(13)9-12(2)23)11-16-19-15-6-4-5-14(18)17(15)20-16/h4-6,12-13,23H,3,7-11H2,1-2H3,(H,19,20)/t12-,13-/m0/s1. The Morgan fingerprint density at radius 3 is 2.96 bits per heavy atom. The second-order valence-electron chi connectivity index (χ2n) is 6.46. The Bertz CT molecular complexity index is 657. The Hall–Kier alpha value is -1.50. The number of piperazine rings is 1. The third kappa shape index (κ3) is 3.71. The minimum atomic E-state index is -0.297. The van der Waals surface area contributed by atoms with E-state index in [9.17, 15) is 9.50 Å². The van der Waals surface area contributed by atoms with Crippen molar-refractivity contribution >= 4 is 11.0 Å². The lowest BCUT2D eigenvalue weighted by atomic mass is 10.1. The monoisotopic (exact) mass is 320 g/mol. The van der Waals surface area contributed by atoms with Crippen LogP contribution in [0.15, 0.2) is 18.2 Å². The highest BCUT2D eigenvalue weighted by molar-refractivity contribution is 5.75. The molecule has 0 spiro atoms. The minimum absolute atomic E-state index is 0.279. The van der Waals surface area contributed by atoms with Gasteiger partial charge in [-0.05, 0) is 25.5 Å². The Morgan fingerprint density at radius 1 is 1.43 bits per heavy atom. The molecule has 1 aliphatic rings. The number of rotatable bonds is 5. The van der Waals surface area contributed by atoms with Gasteiger partial charge in [0, 0.05) is 32.2 Å². The van der Waals surface area contributed by atoms with Gasteiger partial charge in [-0.2, -0.15) is 0 Å². The van der Waals surface area contributed by atoms with Gasteiger partial charge in [0.1, 0.15) is 11.3 Å². The van der Waals surface area contributed by atoms with Crippen molar-refractivity contribution in [3.05, 3.63) is 29.8 Å². The molecular weight excluding hydrogens is 295 g/mol. The number of imidazole rings is 1. The van der Waals surface area contributed by atoms with Gasteiger partial charge in [-0.15, -0.1) is 0 Å². The largest absolute Gasteiger partial charge is 0.392 e. The number of aromatic nitrogens is 2. The normalized spacial score (nSPS) is 21.8. The molecule has 0 aliphatic carbocycles. The summed E-state index contributed by atoms with van der Waals surface area (Å²) in [6, 6.07) is 5.43. The number of H-pyrrole nitrogens is 1. The maximum Gasteiger partial charge on any atom is 0.151 e. The first kappa shape index (κ1) is 16.4. The van der Waals surface area contributed by atoms with E-state index in [0.717, 1.165) is 43.9 Å². The molecule has 1 aliphatic heterocycles. The highest BCUT2D eigenvalue weighted by Gasteiger charge is 2.26. The molecule has 0 radical (unpaired) electrons. The number of para-hydroxylation sites is 1. The summed E-state index contributed by atoms with van der Waals surface area (Å²) in [5.74, 6) is 0.530. The van der Waals surface area contributed by atoms with Crippen molar-refractivity contribution in [3.8, 4) is 0 Å². The van der Waals surface area contributed by atoms with E-state index < -0.39 is 0 Å². The van der Waals surface area contributed by atoms with Crippen LogP contribution >= 0.6 is 0 Å². The first-order chi connectivity index (χ1) is 11.1. The van der Waals surface area contributed by atoms with Crippen LogP contribution in [0.3, 0.4) is 0 Å². The fraction of sp³-hybridized carbons (Fsp3) is 0.588. The lowest BCUT2D eigenvalue weighted by Crippen LogP contribution is -2.54. The maximum atomic E-state index is 13.7. The van der Waals surface area contributed by atoms with Crippen LogP contribution in [-0.4, -0.2) is 63.2 Å². The maximum absolute atomic E-state index is 13.7. The van der Waals surface area contributed by atoms with Crippen LogP contribution in [0.2, 0.25) is 0 Å². The van der Waals surface area contributed by atoms with E-state index in [2.05, 4.69) is 26.7 Å². The van der Waals surface area contributed by atoms with E-state index in [-0.39, 0.29) is 11.9 Å². The molecule has 3 rings (SSSR count). The smallest absolute Gasteiger partial charge is 0.151 e. The highest BCUT2D eigenvalue weighted by Crippen LogP contribution is 2.18. The molecule has 1 aromatic carbocycles. The fourth-order valence-electron chi connectivity index (χ4n) is 3.40. The Labute approximate surface area is 136 Å². The average Bonchev–Trinajstić information content (AvgIpc) is 2.92. The minimum Gasteiger partial charge on any atom is -0.392 e. The Balaban J connectivity index is 1.67. The fourth-order valence-corrected chi connectivity index (χ4v) is 3.40. The van der Waals surface area contributed by atoms with Crippen molar-refractivity contribution in [3.63, 3.8) is 0 Å². The summed E-state index contributed by atoms with van der Waals surface area (Å²) in [6.07, 6.45) is 0.756. The van der Waals surface area contributed by atoms with E-state index in [1.165, 1.54) is 6.07 Å². The topological polar surface area (TPSA) is 55.4 Å². The molecule has 23 heavy (non-hydrogen) atoms. The molecule has 2 atom stereocenters. The summed E-state index contributed by atoms with van der Waals surface area (Å²) in [7, 11) is 0. The number of fused-ring (bicyclic) bond motifs is 1. The molecule has 1 saturated heterocycles. The van der Waals surface area contributed by atoms with Gasteiger partial charge >= 0.3 is 0 Å². The zero-order valence-electron chi connectivity index (χ0n) is 13.8. The molecule has 0 saturated carbocycles. The van der Waals surface area contributed by atoms with Gasteiger partial charge in [0.25, 0.3) is 0 Å². The van der Waals surface area contributed by atoms with Crippen LogP contribution in [0.5, 0.6) is 0 Å². The second kappa shape index (κ2) is 6.95. The number of β-amino-alcohol motifs (C(OH)–C–C–N with tert-alkyl or cyclic N) is 1. The first-order valence-electron chi connectivity index (χ1n) is 8.34. The van der Waals surface area contributed by atoms with E-state index >= 15 is 0 Å². The van der Waals surface area contributed by atoms with Gasteiger partial charge in [0.2, 0.25) is 0 Å². The van der Waals surface area contributed by atoms with Crippen LogP contribution < -0.4 is 0 Å². The lowest BCUT2D eigenvalue weighted by molar-refractivity contribution is 0.0330. The summed E-state index contributed by atoms with van der Waals surface area (Å²) in [4.78, 5) is 12.3. The lowest BCUT2D eigenvalue weighted by Gasteiger charge is -2.41. The van der Waals surface area contributed by atoms with Crippen LogP contribution in [0.1, 0.15) is 26.1 Å². The van der Waals surface area contributed by atoms with Crippen LogP contribution in [0, 0.1) is 5.82 Å². The molecule has 1 fully saturated rings. The quantitative estimate of drug-likeness (QED) is 0.884. The van der Waals surface area contributed by atoms with Gasteiger partial charge < -0.3 is 10.1 Å². The summed E-state index contributed by atoms with van der Waals surface area (Å²) >= 11 is 0. The molecule has 2 N–H and O–H groups in total. The van der Waals surface area contributed by atoms with Gasteiger partial charge in [-0.25, -0.2) is 9.37 Å². The van der Waals surface area contributed by atoms with Crippen LogP contribution in [0.25, 0.3) is 11.0 Å². The zero-order chi connectivity index (χ0) is 16.4. The summed E-state index contributed by atoms with van der Waals surface area (Å²) in [5, 5.41) is 9.62. The molecule has 2 aromatic rings. The number of nitrogens with one attached hydrogen (secondary N) is 1. The van der Waals surface area contributed by atoms with Crippen molar-refractivity contribution in [2.45, 2.75) is 39.0 Å². The predicted octanol–water partition coefficient (Wildman–Crippen LogP) is 1.98. The third-order valence-electron chi connectivity index (χ3n) is 4.54. The Kier molecular flexibility index (Phi) is 4.94. The van der Waals surface area contributed by atoms with E-state index in [0.29, 0.717) is 18.1 Å². The molecule has 2 heterocycles. The average molecular weight is 320 g/mol. The number of hydrogen-bond acceptors (Lipinski definition) is 4. The summed E-state index contributed by atoms with van der Waals surface area (Å²) in [5.41, 5.74) is 1.17. The molecule has 126 valence electrons. The van der Waals surface area contributed by atoms with Gasteiger partial charge in [-0.3, -0.25) is 9.80 Å². The van der Waals surface area contributed by atoms with E-state index in [1.54, 1.807) is 6.07 Å². The number of aliphatic hydroxyl groups excluding tert-OH is 1. The number of aromatic amines is 1. The van der Waals surface area contributed by atoms with Gasteiger partial charge in [0.15, 0.2) is 5.82 Å². The van der Waals surface area contributed by atoms with Crippen LogP contribution in [-0.2, 0) is 6.54 Å². The third-order valence-corrected chi connectivity index (χ3v) is 4.54. The number of hydrogen-bond donors (Lipinski definition) is 2. The molecule has 5 nitrogen and oxygen atoms in total. The van der Waals surface area contributed by atoms with Crippen molar-refractivity contribution in [2.24, 2.45) is 0 Å². The molecule has 6 heteroatoms. The Morgan fingerprint density at radius 2 is 2.26 bits per heavy atom. The number of benzene rings is 1. The first-order valence-corrected chi connectivity index (χ1v) is 8.34. The predicted molar refractivity (Wildman–Crippen MR) is 88.7 cm³/mol. The number of halogens is 1. The molecule has 0 amide bonds.